The predicted molar refractivity (Wildman–Crippen MR) is 123 cm³/mol. The fourth-order valence-electron chi connectivity index (χ4n) is 3.84. The summed E-state index contributed by atoms with van der Waals surface area (Å²) in [5.41, 5.74) is 4.21. The number of carbonyl (C=O) groups is 1. The van der Waals surface area contributed by atoms with Crippen molar-refractivity contribution in [2.75, 3.05) is 23.3 Å². The first-order chi connectivity index (χ1) is 15.1. The topological polar surface area (TPSA) is 71.3 Å². The molecule has 0 unspecified atom stereocenters. The van der Waals surface area contributed by atoms with Crippen LogP contribution in [0.1, 0.15) is 56.9 Å². The minimum absolute atomic E-state index is 0.0667. The molecule has 1 aromatic heterocycles. The first kappa shape index (κ1) is 21.1. The number of aryl methyl sites for hydroxylation is 1. The van der Waals surface area contributed by atoms with Crippen molar-refractivity contribution in [1.82, 2.24) is 10.1 Å². The van der Waals surface area contributed by atoms with E-state index in [1.165, 1.54) is 30.5 Å². The number of benzene rings is 2. The number of carbonyl (C=O) groups excluding carboxylic acids is 1. The molecule has 0 radical (unpaired) electrons. The molecule has 6 heteroatoms. The van der Waals surface area contributed by atoms with Crippen molar-refractivity contribution in [2.45, 2.75) is 51.9 Å². The maximum atomic E-state index is 12.3. The van der Waals surface area contributed by atoms with Gasteiger partial charge >= 0.3 is 0 Å². The highest BCUT2D eigenvalue weighted by Gasteiger charge is 2.14. The normalized spacial score (nSPS) is 14.1. The van der Waals surface area contributed by atoms with Crippen LogP contribution in [0.2, 0.25) is 0 Å². The molecule has 1 aliphatic rings. The van der Waals surface area contributed by atoms with E-state index in [-0.39, 0.29) is 5.91 Å². The van der Waals surface area contributed by atoms with Gasteiger partial charge in [0.25, 0.3) is 0 Å². The Kier molecular flexibility index (Phi) is 6.65. The zero-order chi connectivity index (χ0) is 21.6. The van der Waals surface area contributed by atoms with Gasteiger partial charge < -0.3 is 14.7 Å². The standard InChI is InChI=1S/C25H30N4O2/c1-18(2)19-6-10-21(11-7-19)26-23(30)14-15-24-27-25(28-31-24)20-8-12-22(13-9-20)29-16-4-3-5-17-29/h6-13,18H,3-5,14-17H2,1-2H3,(H,26,30). The highest BCUT2D eigenvalue weighted by Crippen LogP contribution is 2.24. The Bertz CT molecular complexity index is 987. The van der Waals surface area contributed by atoms with Gasteiger partial charge in [0, 0.05) is 42.9 Å². The molecule has 31 heavy (non-hydrogen) atoms. The van der Waals surface area contributed by atoms with Crippen LogP contribution in [0.15, 0.2) is 53.1 Å². The minimum atomic E-state index is -0.0667. The molecular formula is C25H30N4O2. The van der Waals surface area contributed by atoms with Crippen molar-refractivity contribution in [3.8, 4) is 11.4 Å². The molecule has 3 aromatic rings. The zero-order valence-electron chi connectivity index (χ0n) is 18.3. The van der Waals surface area contributed by atoms with Gasteiger partial charge in [0.2, 0.25) is 17.6 Å². The number of rotatable bonds is 7. The van der Waals surface area contributed by atoms with E-state index in [2.05, 4.69) is 46.3 Å². The maximum Gasteiger partial charge on any atom is 0.227 e. The summed E-state index contributed by atoms with van der Waals surface area (Å²) in [5, 5.41) is 7.01. The quantitative estimate of drug-likeness (QED) is 0.555. The lowest BCUT2D eigenvalue weighted by atomic mass is 10.0. The van der Waals surface area contributed by atoms with Crippen molar-refractivity contribution in [2.24, 2.45) is 0 Å². The average molecular weight is 419 g/mol. The van der Waals surface area contributed by atoms with E-state index < -0.39 is 0 Å². The van der Waals surface area contributed by atoms with Crippen LogP contribution in [0, 0.1) is 0 Å². The highest BCUT2D eigenvalue weighted by atomic mass is 16.5. The van der Waals surface area contributed by atoms with Crippen LogP contribution in [0.3, 0.4) is 0 Å². The second-order valence-corrected chi connectivity index (χ2v) is 8.43. The summed E-state index contributed by atoms with van der Waals surface area (Å²) in [6.07, 6.45) is 4.54. The molecule has 2 heterocycles. The SMILES string of the molecule is CC(C)c1ccc(NC(=O)CCc2nc(-c3ccc(N4CCCCC4)cc3)no2)cc1. The van der Waals surface area contributed by atoms with Crippen molar-refractivity contribution in [3.63, 3.8) is 0 Å². The van der Waals surface area contributed by atoms with E-state index in [1.54, 1.807) is 0 Å². The predicted octanol–water partition coefficient (Wildman–Crippen LogP) is 5.42. The van der Waals surface area contributed by atoms with Crippen LogP contribution in [-0.4, -0.2) is 29.1 Å². The molecule has 0 bridgehead atoms. The second-order valence-electron chi connectivity index (χ2n) is 8.43. The van der Waals surface area contributed by atoms with Gasteiger partial charge in [0.15, 0.2) is 0 Å². The maximum absolute atomic E-state index is 12.3. The Morgan fingerprint density at radius 2 is 1.74 bits per heavy atom. The van der Waals surface area contributed by atoms with Crippen molar-refractivity contribution in [1.29, 1.82) is 0 Å². The fourth-order valence-corrected chi connectivity index (χ4v) is 3.84. The number of piperidine rings is 1. The largest absolute Gasteiger partial charge is 0.372 e. The van der Waals surface area contributed by atoms with Gasteiger partial charge in [0.05, 0.1) is 0 Å². The second kappa shape index (κ2) is 9.77. The smallest absolute Gasteiger partial charge is 0.227 e. The summed E-state index contributed by atoms with van der Waals surface area (Å²) < 4.78 is 5.36. The Labute approximate surface area is 183 Å². The molecule has 2 aromatic carbocycles. The number of anilines is 2. The lowest BCUT2D eigenvalue weighted by Crippen LogP contribution is -2.29. The molecule has 1 fully saturated rings. The molecule has 1 aliphatic heterocycles. The molecule has 0 aliphatic carbocycles. The van der Waals surface area contributed by atoms with Gasteiger partial charge in [0.1, 0.15) is 0 Å². The van der Waals surface area contributed by atoms with Crippen LogP contribution in [-0.2, 0) is 11.2 Å². The van der Waals surface area contributed by atoms with E-state index in [4.69, 9.17) is 4.52 Å². The number of aromatic nitrogens is 2. The van der Waals surface area contributed by atoms with E-state index in [9.17, 15) is 4.79 Å². The summed E-state index contributed by atoms with van der Waals surface area (Å²) in [4.78, 5) is 19.1. The van der Waals surface area contributed by atoms with Crippen LogP contribution in [0.25, 0.3) is 11.4 Å². The van der Waals surface area contributed by atoms with Gasteiger partial charge in [-0.25, -0.2) is 0 Å². The lowest BCUT2D eigenvalue weighted by Gasteiger charge is -2.28. The third-order valence-electron chi connectivity index (χ3n) is 5.74. The van der Waals surface area contributed by atoms with Crippen molar-refractivity contribution < 1.29 is 9.32 Å². The van der Waals surface area contributed by atoms with Crippen molar-refractivity contribution in [3.05, 3.63) is 60.0 Å². The van der Waals surface area contributed by atoms with Gasteiger partial charge in [-0.3, -0.25) is 4.79 Å². The monoisotopic (exact) mass is 418 g/mol. The number of amides is 1. The highest BCUT2D eigenvalue weighted by molar-refractivity contribution is 5.90. The average Bonchev–Trinajstić information content (AvgIpc) is 3.28. The number of nitrogens with zero attached hydrogens (tertiary/aromatic N) is 3. The van der Waals surface area contributed by atoms with E-state index in [0.717, 1.165) is 24.3 Å². The molecule has 1 N–H and O–H groups in total. The molecule has 1 saturated heterocycles. The summed E-state index contributed by atoms with van der Waals surface area (Å²) in [5.74, 6) is 1.44. The number of hydrogen-bond donors (Lipinski definition) is 1. The zero-order valence-corrected chi connectivity index (χ0v) is 18.3. The molecule has 0 saturated carbocycles. The first-order valence-corrected chi connectivity index (χ1v) is 11.2. The number of nitrogens with one attached hydrogen (secondary N) is 1. The van der Waals surface area contributed by atoms with Crippen molar-refractivity contribution >= 4 is 17.3 Å². The minimum Gasteiger partial charge on any atom is -0.372 e. The molecule has 4 rings (SSSR count). The van der Waals surface area contributed by atoms with E-state index >= 15 is 0 Å². The lowest BCUT2D eigenvalue weighted by molar-refractivity contribution is -0.116. The van der Waals surface area contributed by atoms with Crippen LogP contribution >= 0.6 is 0 Å². The first-order valence-electron chi connectivity index (χ1n) is 11.2. The van der Waals surface area contributed by atoms with Crippen LogP contribution < -0.4 is 10.2 Å². The summed E-state index contributed by atoms with van der Waals surface area (Å²) in [7, 11) is 0. The van der Waals surface area contributed by atoms with Gasteiger partial charge in [-0.05, 0) is 67.1 Å². The Morgan fingerprint density at radius 3 is 2.42 bits per heavy atom. The van der Waals surface area contributed by atoms with Crippen LogP contribution in [0.5, 0.6) is 0 Å². The Morgan fingerprint density at radius 1 is 1.03 bits per heavy atom. The Balaban J connectivity index is 1.30. The van der Waals surface area contributed by atoms with Gasteiger partial charge in [-0.15, -0.1) is 0 Å². The van der Waals surface area contributed by atoms with E-state index in [0.29, 0.717) is 30.5 Å². The third-order valence-corrected chi connectivity index (χ3v) is 5.74. The molecule has 162 valence electrons. The number of hydrogen-bond acceptors (Lipinski definition) is 5. The molecule has 1 amide bonds. The molecule has 0 spiro atoms. The fraction of sp³-hybridized carbons (Fsp3) is 0.400. The summed E-state index contributed by atoms with van der Waals surface area (Å²) >= 11 is 0. The van der Waals surface area contributed by atoms with Crippen LogP contribution in [0.4, 0.5) is 11.4 Å². The third kappa shape index (κ3) is 5.51. The van der Waals surface area contributed by atoms with Gasteiger partial charge in [-0.1, -0.05) is 31.1 Å². The molecule has 0 atom stereocenters. The summed E-state index contributed by atoms with van der Waals surface area (Å²) in [6.45, 7) is 6.54. The van der Waals surface area contributed by atoms with Gasteiger partial charge in [-0.2, -0.15) is 4.98 Å². The Hall–Kier alpha value is -3.15. The molecular weight excluding hydrogens is 388 g/mol. The summed E-state index contributed by atoms with van der Waals surface area (Å²) in [6, 6.07) is 16.3. The van der Waals surface area contributed by atoms with E-state index in [1.807, 2.05) is 36.4 Å². The molecule has 6 nitrogen and oxygen atoms in total.